The van der Waals surface area contributed by atoms with Gasteiger partial charge in [-0.25, -0.2) is 9.97 Å². The number of aromatic nitrogens is 2. The number of thiophene rings is 1. The van der Waals surface area contributed by atoms with Crippen LogP contribution in [0.2, 0.25) is 0 Å². The van der Waals surface area contributed by atoms with Gasteiger partial charge in [0.05, 0.1) is 5.39 Å². The quantitative estimate of drug-likeness (QED) is 0.891. The van der Waals surface area contributed by atoms with Gasteiger partial charge in [-0.1, -0.05) is 6.92 Å². The zero-order valence-electron chi connectivity index (χ0n) is 11.3. The molecule has 0 aliphatic carbocycles. The van der Waals surface area contributed by atoms with Crippen LogP contribution in [0.1, 0.15) is 32.6 Å². The molecular formula is C13H20N4S. The van der Waals surface area contributed by atoms with Crippen LogP contribution in [0.15, 0.2) is 12.4 Å². The van der Waals surface area contributed by atoms with Crippen molar-refractivity contribution in [1.82, 2.24) is 9.97 Å². The molecule has 0 fully saturated rings. The summed E-state index contributed by atoms with van der Waals surface area (Å²) in [4.78, 5) is 11.0. The second kappa shape index (κ2) is 4.82. The smallest absolute Gasteiger partial charge is 0.138 e. The van der Waals surface area contributed by atoms with Crippen molar-refractivity contribution in [3.63, 3.8) is 0 Å². The van der Waals surface area contributed by atoms with Crippen LogP contribution in [0, 0.1) is 0 Å². The van der Waals surface area contributed by atoms with Crippen LogP contribution in [0.4, 0.5) is 5.82 Å². The van der Waals surface area contributed by atoms with Crippen molar-refractivity contribution in [1.29, 1.82) is 0 Å². The highest BCUT2D eigenvalue weighted by Gasteiger charge is 2.24. The number of nitrogens with zero attached hydrogens (tertiary/aromatic N) is 2. The van der Waals surface area contributed by atoms with Crippen LogP contribution in [0.25, 0.3) is 10.2 Å². The Morgan fingerprint density at radius 3 is 2.78 bits per heavy atom. The normalized spacial score (nSPS) is 13.8. The van der Waals surface area contributed by atoms with E-state index < -0.39 is 0 Å². The molecule has 2 heterocycles. The molecular weight excluding hydrogens is 244 g/mol. The number of nitrogens with two attached hydrogens (primary N) is 1. The molecule has 1 unspecified atom stereocenters. The van der Waals surface area contributed by atoms with E-state index >= 15 is 0 Å². The van der Waals surface area contributed by atoms with Crippen molar-refractivity contribution in [2.24, 2.45) is 5.73 Å². The number of hydrogen-bond donors (Lipinski definition) is 2. The summed E-state index contributed by atoms with van der Waals surface area (Å²) in [6.45, 7) is 8.31. The van der Waals surface area contributed by atoms with Crippen molar-refractivity contribution in [3.8, 4) is 0 Å². The first kappa shape index (κ1) is 13.2. The average molecular weight is 264 g/mol. The SMILES string of the molecule is CCc1cc2c(NC(C)(C)C(C)N)ncnc2s1. The molecule has 4 nitrogen and oxygen atoms in total. The fourth-order valence-electron chi connectivity index (χ4n) is 1.60. The van der Waals surface area contributed by atoms with Crippen LogP contribution in [-0.4, -0.2) is 21.5 Å². The topological polar surface area (TPSA) is 63.8 Å². The molecule has 0 radical (unpaired) electrons. The Balaban J connectivity index is 2.42. The lowest BCUT2D eigenvalue weighted by Crippen LogP contribution is -2.47. The highest BCUT2D eigenvalue weighted by molar-refractivity contribution is 7.18. The monoisotopic (exact) mass is 264 g/mol. The molecule has 2 aromatic rings. The first-order valence-corrected chi connectivity index (χ1v) is 7.03. The van der Waals surface area contributed by atoms with Crippen LogP contribution in [-0.2, 0) is 6.42 Å². The first-order chi connectivity index (χ1) is 8.44. The van der Waals surface area contributed by atoms with Crippen molar-refractivity contribution in [2.75, 3.05) is 5.32 Å². The summed E-state index contributed by atoms with van der Waals surface area (Å²) in [5, 5.41) is 4.52. The van der Waals surface area contributed by atoms with Crippen molar-refractivity contribution < 1.29 is 0 Å². The fourth-order valence-corrected chi connectivity index (χ4v) is 2.53. The molecule has 1 atom stereocenters. The zero-order valence-corrected chi connectivity index (χ0v) is 12.1. The maximum atomic E-state index is 5.99. The minimum atomic E-state index is -0.199. The van der Waals surface area contributed by atoms with Crippen LogP contribution in [0.3, 0.4) is 0 Å². The summed E-state index contributed by atoms with van der Waals surface area (Å²) < 4.78 is 0. The van der Waals surface area contributed by atoms with Crippen LogP contribution in [0.5, 0.6) is 0 Å². The molecule has 0 aliphatic rings. The molecule has 5 heteroatoms. The first-order valence-electron chi connectivity index (χ1n) is 6.21. The second-order valence-corrected chi connectivity index (χ2v) is 6.26. The summed E-state index contributed by atoms with van der Waals surface area (Å²) in [7, 11) is 0. The van der Waals surface area contributed by atoms with E-state index in [0.717, 1.165) is 22.5 Å². The number of fused-ring (bicyclic) bond motifs is 1. The van der Waals surface area contributed by atoms with Gasteiger partial charge in [0.15, 0.2) is 0 Å². The van der Waals surface area contributed by atoms with Crippen LogP contribution < -0.4 is 11.1 Å². The van der Waals surface area contributed by atoms with E-state index in [1.165, 1.54) is 4.88 Å². The molecule has 18 heavy (non-hydrogen) atoms. The van der Waals surface area contributed by atoms with Crippen molar-refractivity contribution in [3.05, 3.63) is 17.3 Å². The van der Waals surface area contributed by atoms with Gasteiger partial charge in [0.2, 0.25) is 0 Å². The Morgan fingerprint density at radius 2 is 2.17 bits per heavy atom. The third kappa shape index (κ3) is 2.47. The fraction of sp³-hybridized carbons (Fsp3) is 0.538. The van der Waals surface area contributed by atoms with E-state index in [9.17, 15) is 0 Å². The lowest BCUT2D eigenvalue weighted by atomic mass is 9.97. The average Bonchev–Trinajstić information content (AvgIpc) is 2.72. The van der Waals surface area contributed by atoms with Crippen molar-refractivity contribution in [2.45, 2.75) is 45.7 Å². The number of rotatable bonds is 4. The Bertz CT molecular complexity index is 545. The second-order valence-electron chi connectivity index (χ2n) is 5.14. The van der Waals surface area contributed by atoms with E-state index in [4.69, 9.17) is 5.73 Å². The van der Waals surface area contributed by atoms with E-state index in [-0.39, 0.29) is 11.6 Å². The van der Waals surface area contributed by atoms with Gasteiger partial charge in [0.1, 0.15) is 17.0 Å². The molecule has 98 valence electrons. The summed E-state index contributed by atoms with van der Waals surface area (Å²) in [6.07, 6.45) is 2.63. The van der Waals surface area contributed by atoms with Crippen molar-refractivity contribution >= 4 is 27.4 Å². The van der Waals surface area contributed by atoms with Gasteiger partial charge in [-0.2, -0.15) is 0 Å². The van der Waals surface area contributed by atoms with E-state index in [2.05, 4.69) is 42.1 Å². The van der Waals surface area contributed by atoms with Gasteiger partial charge in [0, 0.05) is 16.5 Å². The predicted molar refractivity (Wildman–Crippen MR) is 78.1 cm³/mol. The van der Waals surface area contributed by atoms with E-state index in [0.29, 0.717) is 0 Å². The van der Waals surface area contributed by atoms with Gasteiger partial charge >= 0.3 is 0 Å². The molecule has 0 saturated heterocycles. The van der Waals surface area contributed by atoms with Gasteiger partial charge in [0.25, 0.3) is 0 Å². The minimum Gasteiger partial charge on any atom is -0.363 e. The number of hydrogen-bond acceptors (Lipinski definition) is 5. The Kier molecular flexibility index (Phi) is 3.54. The van der Waals surface area contributed by atoms with Crippen LogP contribution >= 0.6 is 11.3 Å². The minimum absolute atomic E-state index is 0.0341. The highest BCUT2D eigenvalue weighted by atomic mass is 32.1. The zero-order chi connectivity index (χ0) is 13.3. The Labute approximate surface area is 112 Å². The highest BCUT2D eigenvalue weighted by Crippen LogP contribution is 2.30. The summed E-state index contributed by atoms with van der Waals surface area (Å²) in [5.41, 5.74) is 5.79. The van der Waals surface area contributed by atoms with Gasteiger partial charge in [-0.3, -0.25) is 0 Å². The molecule has 3 N–H and O–H groups in total. The number of nitrogens with one attached hydrogen (secondary N) is 1. The molecule has 0 spiro atoms. The number of anilines is 1. The maximum absolute atomic E-state index is 5.99. The molecule has 0 aliphatic heterocycles. The summed E-state index contributed by atoms with van der Waals surface area (Å²) in [6, 6.07) is 2.20. The molecule has 2 aromatic heterocycles. The molecule has 0 bridgehead atoms. The molecule has 0 aromatic carbocycles. The summed E-state index contributed by atoms with van der Waals surface area (Å²) >= 11 is 1.72. The molecule has 2 rings (SSSR count). The Hall–Kier alpha value is -1.20. The maximum Gasteiger partial charge on any atom is 0.138 e. The lowest BCUT2D eigenvalue weighted by Gasteiger charge is -2.31. The van der Waals surface area contributed by atoms with Gasteiger partial charge in [-0.15, -0.1) is 11.3 Å². The third-order valence-electron chi connectivity index (χ3n) is 3.31. The molecule has 0 saturated carbocycles. The van der Waals surface area contributed by atoms with E-state index in [1.54, 1.807) is 17.7 Å². The summed E-state index contributed by atoms with van der Waals surface area (Å²) in [5.74, 6) is 0.873. The third-order valence-corrected chi connectivity index (χ3v) is 4.50. The molecule has 0 amide bonds. The van der Waals surface area contributed by atoms with Gasteiger partial charge < -0.3 is 11.1 Å². The van der Waals surface area contributed by atoms with Gasteiger partial charge in [-0.05, 0) is 33.3 Å². The largest absolute Gasteiger partial charge is 0.363 e. The lowest BCUT2D eigenvalue weighted by molar-refractivity contribution is 0.469. The number of aryl methyl sites for hydroxylation is 1. The van der Waals surface area contributed by atoms with E-state index in [1.807, 2.05) is 6.92 Å². The Morgan fingerprint density at radius 1 is 1.44 bits per heavy atom. The predicted octanol–water partition coefficient (Wildman–Crippen LogP) is 2.79. The standard InChI is InChI=1S/C13H20N4S/c1-5-9-6-10-11(15-7-16-12(10)18-9)17-13(3,4)8(2)14/h6-8H,5,14H2,1-4H3,(H,15,16,17).